The van der Waals surface area contributed by atoms with E-state index >= 15 is 0 Å². The molecule has 0 saturated heterocycles. The summed E-state index contributed by atoms with van der Waals surface area (Å²) >= 11 is 0. The highest BCUT2D eigenvalue weighted by Crippen LogP contribution is 2.39. The summed E-state index contributed by atoms with van der Waals surface area (Å²) in [6.45, 7) is 1.21. The summed E-state index contributed by atoms with van der Waals surface area (Å²) in [7, 11) is 3.05. The van der Waals surface area contributed by atoms with Crippen LogP contribution in [0.15, 0.2) is 66.1 Å². The fourth-order valence-electron chi connectivity index (χ4n) is 5.00. The van der Waals surface area contributed by atoms with Gasteiger partial charge in [-0.3, -0.25) is 19.0 Å². The lowest BCUT2D eigenvalue weighted by Crippen LogP contribution is -2.30. The highest BCUT2D eigenvalue weighted by molar-refractivity contribution is 6.19. The van der Waals surface area contributed by atoms with Gasteiger partial charge in [0.15, 0.2) is 18.1 Å². The molecule has 0 aliphatic carbocycles. The van der Waals surface area contributed by atoms with Crippen LogP contribution in [-0.2, 0) is 11.3 Å². The van der Waals surface area contributed by atoms with E-state index < -0.39 is 0 Å². The van der Waals surface area contributed by atoms with E-state index in [2.05, 4.69) is 15.3 Å². The van der Waals surface area contributed by atoms with Gasteiger partial charge >= 0.3 is 0 Å². The van der Waals surface area contributed by atoms with E-state index in [4.69, 9.17) is 14.2 Å². The minimum atomic E-state index is -0.222. The van der Waals surface area contributed by atoms with Gasteiger partial charge < -0.3 is 24.1 Å². The summed E-state index contributed by atoms with van der Waals surface area (Å²) in [5, 5.41) is 5.66. The lowest BCUT2D eigenvalue weighted by molar-refractivity contribution is -0.123. The van der Waals surface area contributed by atoms with E-state index in [-0.39, 0.29) is 18.1 Å². The van der Waals surface area contributed by atoms with Gasteiger partial charge in [-0.1, -0.05) is 0 Å². The van der Waals surface area contributed by atoms with Crippen LogP contribution in [0.4, 0.5) is 0 Å². The molecule has 1 N–H and O–H groups in total. The molecular weight excluding hydrogens is 486 g/mol. The maximum Gasteiger partial charge on any atom is 0.267 e. The number of carbonyl (C=O) groups excluding carboxylic acids is 1. The Labute approximate surface area is 216 Å². The number of pyridine rings is 2. The van der Waals surface area contributed by atoms with E-state index in [9.17, 15) is 9.59 Å². The van der Waals surface area contributed by atoms with E-state index in [0.29, 0.717) is 45.6 Å². The molecule has 38 heavy (non-hydrogen) atoms. The number of rotatable bonds is 9. The number of methoxy groups -OCH3 is 2. The lowest BCUT2D eigenvalue weighted by Gasteiger charge is -2.12. The molecule has 0 bridgehead atoms. The summed E-state index contributed by atoms with van der Waals surface area (Å²) in [4.78, 5) is 34.8. The molecule has 0 aliphatic heterocycles. The third kappa shape index (κ3) is 3.81. The first-order valence-corrected chi connectivity index (χ1v) is 12.2. The minimum absolute atomic E-state index is 0.108. The minimum Gasteiger partial charge on any atom is -0.493 e. The van der Waals surface area contributed by atoms with Gasteiger partial charge in [0.25, 0.3) is 11.5 Å². The van der Waals surface area contributed by atoms with E-state index in [1.165, 1.54) is 14.2 Å². The number of benzene rings is 2. The maximum absolute atomic E-state index is 13.8. The van der Waals surface area contributed by atoms with Crippen molar-refractivity contribution in [3.8, 4) is 17.2 Å². The molecule has 0 aliphatic rings. The summed E-state index contributed by atoms with van der Waals surface area (Å²) in [6, 6.07) is 10.9. The summed E-state index contributed by atoms with van der Waals surface area (Å²) in [6.07, 6.45) is 7.88. The third-order valence-electron chi connectivity index (χ3n) is 6.71. The standard InChI is InChI=1S/C28H25N5O5/c1-36-22-7-5-19-24(27(22)37-2)28(35)33-21-6-4-17(14-20(21)18-8-10-31-25(19)26(18)33)38-15-23(34)30-9-3-12-32-13-11-29-16-32/h4-8,10-11,13-14,16H,3,9,12,15H2,1-2H3,(H,30,34). The number of aryl methyl sites for hydroxylation is 1. The quantitative estimate of drug-likeness (QED) is 0.234. The van der Waals surface area contributed by atoms with Crippen molar-refractivity contribution in [1.29, 1.82) is 0 Å². The van der Waals surface area contributed by atoms with Crippen molar-refractivity contribution in [2.75, 3.05) is 27.4 Å². The topological polar surface area (TPSA) is 109 Å². The molecule has 4 aromatic heterocycles. The molecule has 10 nitrogen and oxygen atoms in total. The van der Waals surface area contributed by atoms with Crippen molar-refractivity contribution in [2.45, 2.75) is 13.0 Å². The Morgan fingerprint density at radius 1 is 1.03 bits per heavy atom. The molecule has 4 heterocycles. The number of nitrogens with zero attached hydrogens (tertiary/aromatic N) is 4. The van der Waals surface area contributed by atoms with Crippen LogP contribution in [0, 0.1) is 0 Å². The molecule has 10 heteroatoms. The van der Waals surface area contributed by atoms with Crippen LogP contribution in [0.1, 0.15) is 6.42 Å². The fourth-order valence-corrected chi connectivity index (χ4v) is 5.00. The number of carbonyl (C=O) groups is 1. The normalized spacial score (nSPS) is 11.5. The van der Waals surface area contributed by atoms with Crippen LogP contribution in [-0.4, -0.2) is 52.2 Å². The van der Waals surface area contributed by atoms with Gasteiger partial charge in [0.05, 0.1) is 42.5 Å². The van der Waals surface area contributed by atoms with Crippen LogP contribution < -0.4 is 25.1 Å². The SMILES string of the molecule is COc1ccc2c(c1OC)c(=O)n1c3ccc(OCC(=O)NCCCn4ccnc4)cc3c3ccnc2c31. The second-order valence-corrected chi connectivity index (χ2v) is 8.89. The van der Waals surface area contributed by atoms with Gasteiger partial charge in [-0.15, -0.1) is 0 Å². The van der Waals surface area contributed by atoms with Crippen LogP contribution in [0.25, 0.3) is 38.1 Å². The molecule has 6 aromatic rings. The third-order valence-corrected chi connectivity index (χ3v) is 6.71. The summed E-state index contributed by atoms with van der Waals surface area (Å²) in [5.74, 6) is 1.18. The first kappa shape index (κ1) is 23.5. The molecule has 2 aromatic carbocycles. The Morgan fingerprint density at radius 3 is 2.71 bits per heavy atom. The number of ether oxygens (including phenoxy) is 3. The smallest absolute Gasteiger partial charge is 0.267 e. The number of nitrogens with one attached hydrogen (secondary N) is 1. The van der Waals surface area contributed by atoms with Gasteiger partial charge in [0.2, 0.25) is 0 Å². The van der Waals surface area contributed by atoms with Gasteiger partial charge in [-0.05, 0) is 42.8 Å². The molecule has 0 saturated carbocycles. The largest absolute Gasteiger partial charge is 0.493 e. The van der Waals surface area contributed by atoms with Crippen molar-refractivity contribution in [2.24, 2.45) is 0 Å². The molecule has 0 atom stereocenters. The molecule has 0 fully saturated rings. The Balaban J connectivity index is 1.32. The predicted molar refractivity (Wildman–Crippen MR) is 144 cm³/mol. The fraction of sp³-hybridized carbons (Fsp3) is 0.214. The van der Waals surface area contributed by atoms with Crippen molar-refractivity contribution < 1.29 is 19.0 Å². The zero-order valence-electron chi connectivity index (χ0n) is 20.9. The average Bonchev–Trinajstić information content (AvgIpc) is 3.58. The van der Waals surface area contributed by atoms with E-state index in [0.717, 1.165) is 29.3 Å². The van der Waals surface area contributed by atoms with Crippen molar-refractivity contribution in [3.63, 3.8) is 0 Å². The first-order chi connectivity index (χ1) is 18.6. The van der Waals surface area contributed by atoms with Gasteiger partial charge in [0.1, 0.15) is 5.75 Å². The van der Waals surface area contributed by atoms with Crippen molar-refractivity contribution >= 4 is 44.0 Å². The van der Waals surface area contributed by atoms with E-state index in [1.54, 1.807) is 35.3 Å². The Morgan fingerprint density at radius 2 is 1.92 bits per heavy atom. The molecule has 1 amide bonds. The van der Waals surface area contributed by atoms with Gasteiger partial charge in [-0.2, -0.15) is 0 Å². The number of aromatic nitrogens is 4. The summed E-state index contributed by atoms with van der Waals surface area (Å²) < 4.78 is 20.4. The molecule has 0 unspecified atom stereocenters. The molecule has 0 spiro atoms. The zero-order valence-corrected chi connectivity index (χ0v) is 20.9. The molecule has 0 radical (unpaired) electrons. The zero-order chi connectivity index (χ0) is 26.2. The van der Waals surface area contributed by atoms with Gasteiger partial charge in [0, 0.05) is 47.8 Å². The number of hydrogen-bond acceptors (Lipinski definition) is 7. The maximum atomic E-state index is 13.8. The molecule has 6 rings (SSSR count). The molecule has 192 valence electrons. The Bertz CT molecular complexity index is 1840. The van der Waals surface area contributed by atoms with Gasteiger partial charge in [-0.25, -0.2) is 4.98 Å². The highest BCUT2D eigenvalue weighted by Gasteiger charge is 2.22. The second-order valence-electron chi connectivity index (χ2n) is 8.89. The lowest BCUT2D eigenvalue weighted by atomic mass is 10.1. The number of imidazole rings is 1. The summed E-state index contributed by atoms with van der Waals surface area (Å²) in [5.41, 5.74) is 1.90. The number of fused-ring (bicyclic) bond motifs is 5. The molecular formula is C28H25N5O5. The van der Waals surface area contributed by atoms with Crippen LogP contribution in [0.3, 0.4) is 0 Å². The average molecular weight is 512 g/mol. The van der Waals surface area contributed by atoms with Crippen LogP contribution in [0.2, 0.25) is 0 Å². The highest BCUT2D eigenvalue weighted by atomic mass is 16.5. The predicted octanol–water partition coefficient (Wildman–Crippen LogP) is 3.39. The number of amides is 1. The van der Waals surface area contributed by atoms with Crippen molar-refractivity contribution in [1.82, 2.24) is 24.3 Å². The van der Waals surface area contributed by atoms with E-state index in [1.807, 2.05) is 35.0 Å². The monoisotopic (exact) mass is 511 g/mol. The van der Waals surface area contributed by atoms with Crippen molar-refractivity contribution in [3.05, 3.63) is 71.7 Å². The van der Waals surface area contributed by atoms with Crippen LogP contribution in [0.5, 0.6) is 17.2 Å². The number of hydrogen-bond donors (Lipinski definition) is 1. The Hall–Kier alpha value is -4.86. The Kier molecular flexibility index (Phi) is 5.91. The first-order valence-electron chi connectivity index (χ1n) is 12.2. The second kappa shape index (κ2) is 9.55. The van der Waals surface area contributed by atoms with Crippen LogP contribution >= 0.6 is 0 Å².